The number of anilines is 2. The normalized spacial score (nSPS) is 16.3. The molecule has 0 saturated carbocycles. The first-order valence-electron chi connectivity index (χ1n) is 5.30. The Hall–Kier alpha value is -1.43. The molecule has 0 bridgehead atoms. The first kappa shape index (κ1) is 11.1. The number of piperidine rings is 1. The molecule has 0 unspecified atom stereocenters. The number of halogens is 2. The van der Waals surface area contributed by atoms with Crippen LogP contribution in [0.15, 0.2) is 6.07 Å². The Balaban J connectivity index is 2.31. The maximum atomic E-state index is 13.5. The van der Waals surface area contributed by atoms with Crippen molar-refractivity contribution in [1.82, 2.24) is 4.98 Å². The van der Waals surface area contributed by atoms with Gasteiger partial charge in [0.15, 0.2) is 23.3 Å². The summed E-state index contributed by atoms with van der Waals surface area (Å²) < 4.78 is 26.7. The summed E-state index contributed by atoms with van der Waals surface area (Å²) in [5.74, 6) is 3.74. The SMILES string of the molecule is NNc1nc(N2CCCCC2)c(F)cc1F. The zero-order valence-corrected chi connectivity index (χ0v) is 8.84. The van der Waals surface area contributed by atoms with Crippen molar-refractivity contribution in [1.29, 1.82) is 0 Å². The van der Waals surface area contributed by atoms with E-state index in [1.165, 1.54) is 0 Å². The summed E-state index contributed by atoms with van der Waals surface area (Å²) in [6, 6.07) is 0.812. The van der Waals surface area contributed by atoms with Crippen LogP contribution < -0.4 is 16.2 Å². The van der Waals surface area contributed by atoms with Crippen LogP contribution in [0.3, 0.4) is 0 Å². The second-order valence-electron chi connectivity index (χ2n) is 3.82. The molecule has 1 aromatic heterocycles. The summed E-state index contributed by atoms with van der Waals surface area (Å²) >= 11 is 0. The standard InChI is InChI=1S/C10H14F2N4/c11-7-6-8(12)10(14-9(7)15-13)16-4-2-1-3-5-16/h6H,1-5,13H2,(H,14,15). The molecule has 88 valence electrons. The van der Waals surface area contributed by atoms with Crippen molar-refractivity contribution in [3.8, 4) is 0 Å². The van der Waals surface area contributed by atoms with Gasteiger partial charge in [-0.3, -0.25) is 0 Å². The highest BCUT2D eigenvalue weighted by Gasteiger charge is 2.18. The molecule has 1 saturated heterocycles. The molecule has 0 atom stereocenters. The van der Waals surface area contributed by atoms with E-state index in [4.69, 9.17) is 5.84 Å². The predicted molar refractivity (Wildman–Crippen MR) is 58.0 cm³/mol. The van der Waals surface area contributed by atoms with Gasteiger partial charge in [0.1, 0.15) is 0 Å². The van der Waals surface area contributed by atoms with Gasteiger partial charge in [-0.25, -0.2) is 19.6 Å². The summed E-state index contributed by atoms with van der Waals surface area (Å²) in [4.78, 5) is 5.67. The number of nitrogens with zero attached hydrogens (tertiary/aromatic N) is 2. The second-order valence-corrected chi connectivity index (χ2v) is 3.82. The van der Waals surface area contributed by atoms with Crippen molar-refractivity contribution in [2.75, 3.05) is 23.4 Å². The fraction of sp³-hybridized carbons (Fsp3) is 0.500. The highest BCUT2D eigenvalue weighted by atomic mass is 19.1. The van der Waals surface area contributed by atoms with Crippen molar-refractivity contribution >= 4 is 11.6 Å². The monoisotopic (exact) mass is 228 g/mol. The van der Waals surface area contributed by atoms with Crippen LogP contribution in [0.5, 0.6) is 0 Å². The number of nitrogens with two attached hydrogens (primary N) is 1. The molecule has 1 aliphatic rings. The third-order valence-corrected chi connectivity index (χ3v) is 2.70. The summed E-state index contributed by atoms with van der Waals surface area (Å²) in [6.07, 6.45) is 3.15. The molecule has 1 aliphatic heterocycles. The third kappa shape index (κ3) is 2.06. The Morgan fingerprint density at radius 2 is 1.88 bits per heavy atom. The molecule has 2 rings (SSSR count). The molecule has 0 spiro atoms. The summed E-state index contributed by atoms with van der Waals surface area (Å²) in [7, 11) is 0. The van der Waals surface area contributed by atoms with Gasteiger partial charge in [-0.15, -0.1) is 0 Å². The molecular formula is C10H14F2N4. The topological polar surface area (TPSA) is 54.2 Å². The minimum atomic E-state index is -0.777. The molecule has 0 aliphatic carbocycles. The summed E-state index contributed by atoms with van der Waals surface area (Å²) in [6.45, 7) is 1.50. The average Bonchev–Trinajstić information content (AvgIpc) is 2.30. The number of rotatable bonds is 2. The van der Waals surface area contributed by atoms with E-state index in [0.29, 0.717) is 0 Å². The minimum Gasteiger partial charge on any atom is -0.354 e. The maximum Gasteiger partial charge on any atom is 0.178 e. The molecule has 2 heterocycles. The van der Waals surface area contributed by atoms with Gasteiger partial charge < -0.3 is 10.3 Å². The lowest BCUT2D eigenvalue weighted by Crippen LogP contribution is -2.31. The van der Waals surface area contributed by atoms with Gasteiger partial charge in [-0.2, -0.15) is 0 Å². The number of nitrogens with one attached hydrogen (secondary N) is 1. The fourth-order valence-electron chi connectivity index (χ4n) is 1.89. The van der Waals surface area contributed by atoms with Crippen LogP contribution in [-0.2, 0) is 0 Å². The predicted octanol–water partition coefficient (Wildman–Crippen LogP) is 1.64. The first-order valence-corrected chi connectivity index (χ1v) is 5.30. The zero-order chi connectivity index (χ0) is 11.5. The van der Waals surface area contributed by atoms with E-state index in [0.717, 1.165) is 38.4 Å². The van der Waals surface area contributed by atoms with Gasteiger partial charge in [0.05, 0.1) is 0 Å². The van der Waals surface area contributed by atoms with Gasteiger partial charge in [0, 0.05) is 19.2 Å². The van der Waals surface area contributed by atoms with E-state index < -0.39 is 11.6 Å². The maximum absolute atomic E-state index is 13.5. The van der Waals surface area contributed by atoms with Crippen molar-refractivity contribution < 1.29 is 8.78 Å². The lowest BCUT2D eigenvalue weighted by atomic mass is 10.1. The first-order chi connectivity index (χ1) is 7.72. The average molecular weight is 228 g/mol. The van der Waals surface area contributed by atoms with Gasteiger partial charge in [0.2, 0.25) is 0 Å². The largest absolute Gasteiger partial charge is 0.354 e. The third-order valence-electron chi connectivity index (χ3n) is 2.70. The van der Waals surface area contributed by atoms with Gasteiger partial charge in [0.25, 0.3) is 0 Å². The van der Waals surface area contributed by atoms with Crippen LogP contribution in [0.4, 0.5) is 20.4 Å². The number of pyridine rings is 1. The number of hydrogen-bond acceptors (Lipinski definition) is 4. The zero-order valence-electron chi connectivity index (χ0n) is 8.84. The van der Waals surface area contributed by atoms with E-state index in [1.54, 1.807) is 0 Å². The van der Waals surface area contributed by atoms with Crippen molar-refractivity contribution in [3.05, 3.63) is 17.7 Å². The van der Waals surface area contributed by atoms with E-state index in [2.05, 4.69) is 10.4 Å². The quantitative estimate of drug-likeness (QED) is 0.596. The van der Waals surface area contributed by atoms with Gasteiger partial charge >= 0.3 is 0 Å². The van der Waals surface area contributed by atoms with E-state index >= 15 is 0 Å². The minimum absolute atomic E-state index is 0.123. The van der Waals surface area contributed by atoms with Crippen LogP contribution in [0.1, 0.15) is 19.3 Å². The molecule has 0 amide bonds. The molecule has 1 fully saturated rings. The molecule has 16 heavy (non-hydrogen) atoms. The summed E-state index contributed by atoms with van der Waals surface area (Å²) in [5.41, 5.74) is 2.12. The number of aromatic nitrogens is 1. The smallest absolute Gasteiger partial charge is 0.178 e. The Bertz CT molecular complexity index is 377. The number of hydrogen-bond donors (Lipinski definition) is 2. The van der Waals surface area contributed by atoms with Crippen LogP contribution in [0.2, 0.25) is 0 Å². The molecule has 6 heteroatoms. The number of hydrazine groups is 1. The summed E-state index contributed by atoms with van der Waals surface area (Å²) in [5, 5.41) is 0. The number of nitrogen functional groups attached to an aromatic ring is 1. The van der Waals surface area contributed by atoms with Crippen molar-refractivity contribution in [2.24, 2.45) is 5.84 Å². The van der Waals surface area contributed by atoms with Gasteiger partial charge in [-0.05, 0) is 19.3 Å². The molecule has 0 radical (unpaired) electrons. The van der Waals surface area contributed by atoms with Crippen LogP contribution in [0.25, 0.3) is 0 Å². The Morgan fingerprint density at radius 3 is 2.50 bits per heavy atom. The van der Waals surface area contributed by atoms with Gasteiger partial charge in [-0.1, -0.05) is 0 Å². The Morgan fingerprint density at radius 1 is 1.19 bits per heavy atom. The molecule has 0 aromatic carbocycles. The highest BCUT2D eigenvalue weighted by molar-refractivity contribution is 5.48. The second kappa shape index (κ2) is 4.61. The van der Waals surface area contributed by atoms with Crippen LogP contribution >= 0.6 is 0 Å². The van der Waals surface area contributed by atoms with E-state index in [1.807, 2.05) is 4.90 Å². The fourth-order valence-corrected chi connectivity index (χ4v) is 1.89. The van der Waals surface area contributed by atoms with E-state index in [-0.39, 0.29) is 11.6 Å². The molecule has 4 nitrogen and oxygen atoms in total. The molecular weight excluding hydrogens is 214 g/mol. The lowest BCUT2D eigenvalue weighted by molar-refractivity contribution is 0.538. The Kier molecular flexibility index (Phi) is 3.19. The lowest BCUT2D eigenvalue weighted by Gasteiger charge is -2.28. The van der Waals surface area contributed by atoms with E-state index in [9.17, 15) is 8.78 Å². The Labute approximate surface area is 92.4 Å². The molecule has 1 aromatic rings. The van der Waals surface area contributed by atoms with Crippen molar-refractivity contribution in [3.63, 3.8) is 0 Å². The van der Waals surface area contributed by atoms with Crippen LogP contribution in [-0.4, -0.2) is 18.1 Å². The van der Waals surface area contributed by atoms with Crippen molar-refractivity contribution in [2.45, 2.75) is 19.3 Å². The molecule has 3 N–H and O–H groups in total. The highest BCUT2D eigenvalue weighted by Crippen LogP contribution is 2.24. The van der Waals surface area contributed by atoms with Crippen LogP contribution in [0, 0.1) is 11.6 Å².